The minimum absolute atomic E-state index is 0. The van der Waals surface area contributed by atoms with Gasteiger partial charge < -0.3 is 228 Å². The first-order valence-corrected chi connectivity index (χ1v) is 32.4. The third-order valence-corrected chi connectivity index (χ3v) is 19.1. The maximum Gasteiger partial charge on any atom is 0.187 e. The highest BCUT2D eigenvalue weighted by molar-refractivity contribution is 5.02. The Balaban J connectivity index is 0.000000302. The second kappa shape index (κ2) is 37.7. The van der Waals surface area contributed by atoms with Crippen LogP contribution in [0.5, 0.6) is 0 Å². The maximum atomic E-state index is 11.2. The molecule has 25 aliphatic heterocycles. The van der Waals surface area contributed by atoms with Crippen molar-refractivity contribution in [2.45, 2.75) is 277 Å². The van der Waals surface area contributed by atoms with Crippen LogP contribution in [0, 0.1) is 0 Å². The Morgan fingerprint density at radius 1 is 0.235 bits per heavy atom. The summed E-state index contributed by atoms with van der Waals surface area (Å²) in [6.45, 7) is -7.70. The zero-order valence-corrected chi connectivity index (χ0v) is 54.4. The normalized spacial score (nSPS) is 52.7. The molecule has 102 heavy (non-hydrogen) atoms. The topological polar surface area (TPSA) is 733 Å². The predicted octanol–water partition coefficient (Wildman–Crippen LogP) is -19.1. The van der Waals surface area contributed by atoms with Gasteiger partial charge in [0.25, 0.3) is 0 Å². The van der Waals surface area contributed by atoms with Gasteiger partial charge in [0.05, 0.1) is 65.6 Å². The molecular weight excluding hydrogens is 1410 g/mol. The van der Waals surface area contributed by atoms with E-state index in [0.717, 1.165) is 0 Å². The Kier molecular flexibility index (Phi) is 31.7. The number of ether oxygens (including phenoxy) is 19. The lowest BCUT2D eigenvalue weighted by Crippen LogP contribution is -2.68. The van der Waals surface area contributed by atoms with E-state index in [9.17, 15) is 133 Å². The molecule has 44 atom stereocenters. The van der Waals surface area contributed by atoms with E-state index in [4.69, 9.17) is 90.0 Å². The number of aliphatic hydroxyl groups is 26. The summed E-state index contributed by atoms with van der Waals surface area (Å²) in [7, 11) is 2.46. The molecule has 28 N–H and O–H groups in total. The summed E-state index contributed by atoms with van der Waals surface area (Å²) in [6, 6.07) is 0. The number of methoxy groups -OCH3 is 2. The lowest BCUT2D eigenvalue weighted by atomic mass is 9.95. The minimum atomic E-state index is -2.13. The molecule has 0 aromatic carbocycles. The summed E-state index contributed by atoms with van der Waals surface area (Å²) in [4.78, 5) is 0. The molecular formula is C56H98O46. The van der Waals surface area contributed by atoms with Crippen LogP contribution in [0.25, 0.3) is 0 Å². The van der Waals surface area contributed by atoms with Crippen LogP contribution in [0.2, 0.25) is 0 Å². The summed E-state index contributed by atoms with van der Waals surface area (Å²) in [5.41, 5.74) is 0. The number of hydrogen-bond donors (Lipinski definition) is 26. The van der Waals surface area contributed by atoms with Crippen LogP contribution in [-0.2, 0) is 90.0 Å². The molecule has 0 aliphatic carbocycles. The molecule has 25 aliphatic rings. The van der Waals surface area contributed by atoms with Gasteiger partial charge in [-0.05, 0) is 0 Å². The van der Waals surface area contributed by atoms with Gasteiger partial charge in [0.15, 0.2) is 56.6 Å². The highest BCUT2D eigenvalue weighted by atomic mass is 16.8. The first-order chi connectivity index (χ1) is 48.1. The van der Waals surface area contributed by atoms with Gasteiger partial charge in [-0.15, -0.1) is 0 Å². The van der Waals surface area contributed by atoms with Gasteiger partial charge in [0.2, 0.25) is 0 Å². The second-order valence-electron chi connectivity index (χ2n) is 25.5. The van der Waals surface area contributed by atoms with Crippen molar-refractivity contribution in [2.75, 3.05) is 73.7 Å². The molecule has 598 valence electrons. The minimum Gasteiger partial charge on any atom is -0.412 e. The van der Waals surface area contributed by atoms with Crippen molar-refractivity contribution in [3.05, 3.63) is 0 Å². The largest absolute Gasteiger partial charge is 0.412 e. The zero-order chi connectivity index (χ0) is 73.9. The summed E-state index contributed by atoms with van der Waals surface area (Å²) in [5.74, 6) is 0. The quantitative estimate of drug-likeness (QED) is 0.0724. The lowest BCUT2D eigenvalue weighted by molar-refractivity contribution is -0.400. The van der Waals surface area contributed by atoms with Gasteiger partial charge in [0, 0.05) is 20.6 Å². The molecule has 25 saturated heterocycles. The summed E-state index contributed by atoms with van der Waals surface area (Å²) < 4.78 is 106. The van der Waals surface area contributed by atoms with Crippen LogP contribution in [0.15, 0.2) is 0 Å². The van der Waals surface area contributed by atoms with E-state index in [0.29, 0.717) is 0 Å². The SMILES string of the molecule is COC1OC(CO)C(OC2OC(CO)C(OC3OC(CO)C(OC)C(O)C3O)C(O)C2O)C(O)C1O.O.OCC1O[C@@H]2O[C@@H]3C(CO)O[C@H](O[C@@H]4C(CO)O[C@@H](O[C@@H]5C(CO)O[C@@H](O[C@@H]6C(CO)O[C@H](O[C@H]7C(O)C[C@H](OC7CO)O[C@H]1C(O)C2O)C(O)C6O)C(O)C5O)C(O)C4O)C(O)C3O. The van der Waals surface area contributed by atoms with E-state index in [2.05, 4.69) is 0 Å². The van der Waals surface area contributed by atoms with Crippen molar-refractivity contribution in [1.82, 2.24) is 0 Å². The second-order valence-corrected chi connectivity index (χ2v) is 25.5. The number of hydrogen-bond acceptors (Lipinski definition) is 45. The van der Waals surface area contributed by atoms with Crippen molar-refractivity contribution in [3.63, 3.8) is 0 Å². The van der Waals surface area contributed by atoms with Gasteiger partial charge in [-0.2, -0.15) is 0 Å². The molecule has 0 amide bonds. The van der Waals surface area contributed by atoms with Crippen LogP contribution in [0.1, 0.15) is 6.42 Å². The first kappa shape index (κ1) is 85.8. The third-order valence-electron chi connectivity index (χ3n) is 19.1. The highest BCUT2D eigenvalue weighted by Crippen LogP contribution is 2.40. The average molecular weight is 1510 g/mol. The Bertz CT molecular complexity index is 2450. The number of aliphatic hydroxyl groups excluding tert-OH is 26. The highest BCUT2D eigenvalue weighted by Gasteiger charge is 2.60. The molecule has 0 spiro atoms. The van der Waals surface area contributed by atoms with Gasteiger partial charge in [-0.3, -0.25) is 0 Å². The van der Waals surface area contributed by atoms with Crippen molar-refractivity contribution < 1.29 is 228 Å². The smallest absolute Gasteiger partial charge is 0.187 e. The van der Waals surface area contributed by atoms with E-state index < -0.39 is 336 Å². The molecule has 32 unspecified atom stereocenters. The maximum absolute atomic E-state index is 11.2. The molecule has 0 aromatic heterocycles. The molecule has 12 bridgehead atoms. The molecule has 25 fully saturated rings. The van der Waals surface area contributed by atoms with E-state index in [-0.39, 0.29) is 5.48 Å². The monoisotopic (exact) mass is 1510 g/mol. The third kappa shape index (κ3) is 17.8. The summed E-state index contributed by atoms with van der Waals surface area (Å²) in [5, 5.41) is 276. The molecule has 0 saturated carbocycles. The lowest BCUT2D eigenvalue weighted by Gasteiger charge is -2.50. The zero-order valence-electron chi connectivity index (χ0n) is 54.4. The van der Waals surface area contributed by atoms with E-state index in [1.165, 1.54) is 14.2 Å². The molecule has 46 nitrogen and oxygen atoms in total. The average Bonchev–Trinajstić information content (AvgIpc) is 0.782. The summed E-state index contributed by atoms with van der Waals surface area (Å²) >= 11 is 0. The molecule has 0 radical (unpaired) electrons. The van der Waals surface area contributed by atoms with Crippen molar-refractivity contribution >= 4 is 0 Å². The van der Waals surface area contributed by atoms with Gasteiger partial charge in [-0.1, -0.05) is 0 Å². The Labute approximate surface area is 577 Å². The fourth-order valence-electron chi connectivity index (χ4n) is 13.4. The van der Waals surface area contributed by atoms with E-state index >= 15 is 0 Å². The van der Waals surface area contributed by atoms with Crippen LogP contribution < -0.4 is 0 Å². The van der Waals surface area contributed by atoms with Crippen molar-refractivity contribution in [2.24, 2.45) is 0 Å². The van der Waals surface area contributed by atoms with Gasteiger partial charge in [-0.25, -0.2) is 0 Å². The van der Waals surface area contributed by atoms with Gasteiger partial charge >= 0.3 is 0 Å². The number of rotatable bonds is 15. The van der Waals surface area contributed by atoms with E-state index in [1.54, 1.807) is 0 Å². The molecule has 46 heteroatoms. The predicted molar refractivity (Wildman–Crippen MR) is 309 cm³/mol. The molecule has 25 rings (SSSR count). The Morgan fingerprint density at radius 2 is 0.480 bits per heavy atom. The fraction of sp³-hybridized carbons (Fsp3) is 1.00. The van der Waals surface area contributed by atoms with Crippen LogP contribution >= 0.6 is 0 Å². The van der Waals surface area contributed by atoms with Crippen LogP contribution in [0.4, 0.5) is 0 Å². The van der Waals surface area contributed by atoms with E-state index in [1.807, 2.05) is 0 Å². The molecule has 0 aromatic rings. The van der Waals surface area contributed by atoms with Crippen LogP contribution in [-0.4, -0.2) is 482 Å². The van der Waals surface area contributed by atoms with Gasteiger partial charge in [0.1, 0.15) is 208 Å². The van der Waals surface area contributed by atoms with Crippen molar-refractivity contribution in [3.8, 4) is 0 Å². The first-order valence-electron chi connectivity index (χ1n) is 32.4. The van der Waals surface area contributed by atoms with Crippen LogP contribution in [0.3, 0.4) is 0 Å². The standard InChI is InChI=1S/C36H60O29.C20H36O16.H2O/c37-2-9-26-8(43)1-15(54-9)60-27-10(3-38)55-33(21(49)16(27)44)62-29-12(5-40)57-35(23(51)18(29)46)64-31-14(7-42)59-36(25(53)20(31)48)65-30-13(6-41)58-34(24(52)19(30)47)63-28-11(4-39)56-32(61-26)22(50)17(28)45;1-30-15-6(3-21)33-19(13(28)9(15)24)36-17-8(5-23)34-20(14(29)11(17)26)35-16-7(4-22)32-18(31-2)12(27)10(16)25;/h8-53H,1-7H2;6-29H,3-5H2,1-2H3;1H2/t8?,9?,10?,11?,12?,13?,14?,15-,16?,17?,18?,19?,20?,21?,22?,23?,24?,25?,26+,27-,28-,29-,30-,31-,32-,33-,34+,35-,36+;;/m1../s1. The Hall–Kier alpha value is -1.84. The Morgan fingerprint density at radius 3 is 0.765 bits per heavy atom. The van der Waals surface area contributed by atoms with Crippen molar-refractivity contribution in [1.29, 1.82) is 0 Å². The summed E-state index contributed by atoms with van der Waals surface area (Å²) in [6.07, 6.45) is -76.4. The fourth-order valence-corrected chi connectivity index (χ4v) is 13.4. The molecule has 25 heterocycles.